The lowest BCUT2D eigenvalue weighted by Crippen LogP contribution is -2.41. The van der Waals surface area contributed by atoms with Crippen molar-refractivity contribution in [1.29, 1.82) is 0 Å². The zero-order valence-corrected chi connectivity index (χ0v) is 7.25. The largest absolute Gasteiger partial charge is 0.446 e. The second-order valence-corrected chi connectivity index (χ2v) is 3.39. The van der Waals surface area contributed by atoms with Crippen LogP contribution in [0.25, 0.3) is 0 Å². The number of rotatable bonds is 0. The number of fused-ring (bicyclic) bond motifs is 1. The van der Waals surface area contributed by atoms with Crippen LogP contribution in [0.2, 0.25) is 0 Å². The van der Waals surface area contributed by atoms with E-state index in [-0.39, 0.29) is 12.2 Å². The van der Waals surface area contributed by atoms with E-state index in [0.717, 1.165) is 31.5 Å². The monoisotopic (exact) mass is 167 g/mol. The van der Waals surface area contributed by atoms with Crippen LogP contribution in [0.15, 0.2) is 11.8 Å². The molecule has 1 amide bonds. The normalized spacial score (nSPS) is 29.1. The minimum atomic E-state index is -0.167. The SMILES string of the molecule is CC1CC2=CCCCN2C(=O)O1. The molecule has 1 fully saturated rings. The van der Waals surface area contributed by atoms with Crippen molar-refractivity contribution < 1.29 is 9.53 Å². The first kappa shape index (κ1) is 7.65. The van der Waals surface area contributed by atoms with Gasteiger partial charge >= 0.3 is 6.09 Å². The highest BCUT2D eigenvalue weighted by atomic mass is 16.6. The van der Waals surface area contributed by atoms with E-state index in [2.05, 4.69) is 6.08 Å². The van der Waals surface area contributed by atoms with E-state index in [4.69, 9.17) is 4.74 Å². The van der Waals surface area contributed by atoms with Gasteiger partial charge in [-0.25, -0.2) is 4.79 Å². The first-order valence-corrected chi connectivity index (χ1v) is 4.44. The van der Waals surface area contributed by atoms with Crippen LogP contribution in [0.3, 0.4) is 0 Å². The van der Waals surface area contributed by atoms with Gasteiger partial charge in [-0.05, 0) is 19.8 Å². The molecule has 2 rings (SSSR count). The van der Waals surface area contributed by atoms with Gasteiger partial charge in [-0.3, -0.25) is 4.90 Å². The number of allylic oxidation sites excluding steroid dienone is 1. The van der Waals surface area contributed by atoms with Crippen molar-refractivity contribution in [2.75, 3.05) is 6.54 Å². The van der Waals surface area contributed by atoms with E-state index in [1.807, 2.05) is 6.92 Å². The number of hydrogen-bond donors (Lipinski definition) is 0. The Kier molecular flexibility index (Phi) is 1.79. The molecule has 2 aliphatic heterocycles. The Bertz CT molecular complexity index is 235. The molecule has 1 unspecified atom stereocenters. The highest BCUT2D eigenvalue weighted by Gasteiger charge is 2.29. The number of carbonyl (C=O) groups excluding carboxylic acids is 1. The summed E-state index contributed by atoms with van der Waals surface area (Å²) >= 11 is 0. The molecule has 12 heavy (non-hydrogen) atoms. The summed E-state index contributed by atoms with van der Waals surface area (Å²) in [5.74, 6) is 0. The minimum absolute atomic E-state index is 0.0538. The molecule has 0 aromatic rings. The number of cyclic esters (lactones) is 1. The van der Waals surface area contributed by atoms with Crippen LogP contribution in [-0.4, -0.2) is 23.6 Å². The first-order valence-electron chi connectivity index (χ1n) is 4.44. The van der Waals surface area contributed by atoms with Gasteiger partial charge in [0.25, 0.3) is 0 Å². The third-order valence-corrected chi connectivity index (χ3v) is 2.33. The van der Waals surface area contributed by atoms with Crippen LogP contribution in [-0.2, 0) is 4.74 Å². The fourth-order valence-corrected chi connectivity index (χ4v) is 1.75. The maximum Gasteiger partial charge on any atom is 0.414 e. The first-order chi connectivity index (χ1) is 5.77. The molecule has 66 valence electrons. The van der Waals surface area contributed by atoms with Crippen molar-refractivity contribution in [3.63, 3.8) is 0 Å². The molecule has 0 aromatic heterocycles. The van der Waals surface area contributed by atoms with Gasteiger partial charge in [-0.15, -0.1) is 0 Å². The molecule has 1 atom stereocenters. The van der Waals surface area contributed by atoms with Gasteiger partial charge in [0.15, 0.2) is 0 Å². The van der Waals surface area contributed by atoms with E-state index in [1.54, 1.807) is 4.90 Å². The Balaban J connectivity index is 2.20. The summed E-state index contributed by atoms with van der Waals surface area (Å²) in [7, 11) is 0. The summed E-state index contributed by atoms with van der Waals surface area (Å²) in [6.07, 6.45) is 5.09. The maximum atomic E-state index is 11.3. The zero-order chi connectivity index (χ0) is 8.55. The minimum Gasteiger partial charge on any atom is -0.446 e. The summed E-state index contributed by atoms with van der Waals surface area (Å²) < 4.78 is 5.10. The Morgan fingerprint density at radius 3 is 3.33 bits per heavy atom. The molecule has 3 nitrogen and oxygen atoms in total. The highest BCUT2D eigenvalue weighted by Crippen LogP contribution is 2.25. The smallest absolute Gasteiger partial charge is 0.414 e. The van der Waals surface area contributed by atoms with Gasteiger partial charge in [-0.2, -0.15) is 0 Å². The maximum absolute atomic E-state index is 11.3. The Labute approximate surface area is 72.0 Å². The van der Waals surface area contributed by atoms with Crippen LogP contribution in [0.4, 0.5) is 4.79 Å². The second kappa shape index (κ2) is 2.81. The lowest BCUT2D eigenvalue weighted by atomic mass is 10.1. The van der Waals surface area contributed by atoms with Crippen LogP contribution >= 0.6 is 0 Å². The van der Waals surface area contributed by atoms with Crippen LogP contribution < -0.4 is 0 Å². The number of nitrogens with zero attached hydrogens (tertiary/aromatic N) is 1. The van der Waals surface area contributed by atoms with Crippen molar-refractivity contribution in [1.82, 2.24) is 4.90 Å². The van der Waals surface area contributed by atoms with E-state index >= 15 is 0 Å². The number of hydrogen-bond acceptors (Lipinski definition) is 2. The van der Waals surface area contributed by atoms with E-state index < -0.39 is 0 Å². The quantitative estimate of drug-likeness (QED) is 0.551. The topological polar surface area (TPSA) is 29.5 Å². The van der Waals surface area contributed by atoms with Gasteiger partial charge in [0, 0.05) is 18.7 Å². The number of amides is 1. The molecule has 0 aromatic carbocycles. The predicted octanol–water partition coefficient (Wildman–Crippen LogP) is 1.89. The van der Waals surface area contributed by atoms with Crippen molar-refractivity contribution in [3.8, 4) is 0 Å². The molecule has 0 N–H and O–H groups in total. The fraction of sp³-hybridized carbons (Fsp3) is 0.667. The Hall–Kier alpha value is -0.990. The zero-order valence-electron chi connectivity index (χ0n) is 7.25. The van der Waals surface area contributed by atoms with Gasteiger partial charge in [-0.1, -0.05) is 6.08 Å². The fourth-order valence-electron chi connectivity index (χ4n) is 1.75. The summed E-state index contributed by atoms with van der Waals surface area (Å²) in [5.41, 5.74) is 1.16. The lowest BCUT2D eigenvalue weighted by Gasteiger charge is -2.34. The summed E-state index contributed by atoms with van der Waals surface area (Å²) in [6, 6.07) is 0. The van der Waals surface area contributed by atoms with Crippen LogP contribution in [0.1, 0.15) is 26.2 Å². The van der Waals surface area contributed by atoms with E-state index in [1.165, 1.54) is 0 Å². The molecule has 0 bridgehead atoms. The summed E-state index contributed by atoms with van der Waals surface area (Å²) in [6.45, 7) is 2.77. The molecular formula is C9H13NO2. The van der Waals surface area contributed by atoms with Crippen molar-refractivity contribution in [2.24, 2.45) is 0 Å². The highest BCUT2D eigenvalue weighted by molar-refractivity contribution is 5.71. The molecule has 2 aliphatic rings. The lowest BCUT2D eigenvalue weighted by molar-refractivity contribution is 0.0499. The molecular weight excluding hydrogens is 154 g/mol. The third-order valence-electron chi connectivity index (χ3n) is 2.33. The average molecular weight is 167 g/mol. The molecule has 0 aliphatic carbocycles. The summed E-state index contributed by atoms with van der Waals surface area (Å²) in [4.78, 5) is 13.1. The molecule has 1 saturated heterocycles. The molecule has 3 heteroatoms. The second-order valence-electron chi connectivity index (χ2n) is 3.39. The molecule has 0 saturated carbocycles. The summed E-state index contributed by atoms with van der Waals surface area (Å²) in [5, 5.41) is 0. The van der Waals surface area contributed by atoms with Crippen LogP contribution in [0, 0.1) is 0 Å². The van der Waals surface area contributed by atoms with Gasteiger partial charge in [0.1, 0.15) is 6.10 Å². The Morgan fingerprint density at radius 2 is 2.50 bits per heavy atom. The van der Waals surface area contributed by atoms with Gasteiger partial charge < -0.3 is 4.74 Å². The standard InChI is InChI=1S/C9H13NO2/c1-7-6-8-4-2-3-5-10(8)9(11)12-7/h4,7H,2-3,5-6H2,1H3. The van der Waals surface area contributed by atoms with E-state index in [0.29, 0.717) is 0 Å². The van der Waals surface area contributed by atoms with Gasteiger partial charge in [0.2, 0.25) is 0 Å². The molecule has 0 spiro atoms. The molecule has 2 heterocycles. The van der Waals surface area contributed by atoms with Crippen molar-refractivity contribution in [2.45, 2.75) is 32.3 Å². The molecule has 0 radical (unpaired) electrons. The van der Waals surface area contributed by atoms with E-state index in [9.17, 15) is 4.79 Å². The third kappa shape index (κ3) is 1.19. The average Bonchev–Trinajstić information content (AvgIpc) is 2.04. The Morgan fingerprint density at radius 1 is 1.67 bits per heavy atom. The van der Waals surface area contributed by atoms with Gasteiger partial charge in [0.05, 0.1) is 0 Å². The van der Waals surface area contributed by atoms with Crippen LogP contribution in [0.5, 0.6) is 0 Å². The van der Waals surface area contributed by atoms with Crippen molar-refractivity contribution in [3.05, 3.63) is 11.8 Å². The van der Waals surface area contributed by atoms with Crippen molar-refractivity contribution >= 4 is 6.09 Å². The predicted molar refractivity (Wildman–Crippen MR) is 44.6 cm³/mol. The number of ether oxygens (including phenoxy) is 1. The number of carbonyl (C=O) groups is 1.